The van der Waals surface area contributed by atoms with E-state index in [1.54, 1.807) is 19.2 Å². The van der Waals surface area contributed by atoms with Gasteiger partial charge in [-0.15, -0.1) is 5.10 Å². The molecule has 0 aliphatic heterocycles. The SMILES string of the molecule is Cn1nc(-c2ccc(O)c(N)c2)nc1N. The van der Waals surface area contributed by atoms with Crippen LogP contribution in [0.1, 0.15) is 0 Å². The fourth-order valence-corrected chi connectivity index (χ4v) is 1.21. The summed E-state index contributed by atoms with van der Waals surface area (Å²) in [5, 5.41) is 13.3. The summed E-state index contributed by atoms with van der Waals surface area (Å²) < 4.78 is 1.47. The first-order chi connectivity index (χ1) is 7.08. The Morgan fingerprint density at radius 1 is 1.33 bits per heavy atom. The molecule has 15 heavy (non-hydrogen) atoms. The first kappa shape index (κ1) is 9.32. The van der Waals surface area contributed by atoms with Crippen LogP contribution in [0.4, 0.5) is 11.6 Å². The zero-order valence-electron chi connectivity index (χ0n) is 8.18. The molecule has 0 saturated carbocycles. The van der Waals surface area contributed by atoms with Crippen LogP contribution in [-0.4, -0.2) is 19.9 Å². The summed E-state index contributed by atoms with van der Waals surface area (Å²) in [6.45, 7) is 0. The molecule has 1 heterocycles. The molecule has 0 amide bonds. The minimum absolute atomic E-state index is 0.0441. The molecular formula is C9H11N5O. The van der Waals surface area contributed by atoms with Gasteiger partial charge in [0.1, 0.15) is 5.75 Å². The summed E-state index contributed by atoms with van der Waals surface area (Å²) in [5.41, 5.74) is 12.1. The van der Waals surface area contributed by atoms with Crippen molar-refractivity contribution in [3.63, 3.8) is 0 Å². The predicted molar refractivity (Wildman–Crippen MR) is 56.9 cm³/mol. The first-order valence-corrected chi connectivity index (χ1v) is 4.33. The average molecular weight is 205 g/mol. The highest BCUT2D eigenvalue weighted by Crippen LogP contribution is 2.25. The Morgan fingerprint density at radius 2 is 2.07 bits per heavy atom. The highest BCUT2D eigenvalue weighted by atomic mass is 16.3. The highest BCUT2D eigenvalue weighted by molar-refractivity contribution is 5.66. The lowest BCUT2D eigenvalue weighted by Crippen LogP contribution is -1.97. The molecule has 0 saturated heterocycles. The van der Waals surface area contributed by atoms with Crippen LogP contribution in [0.5, 0.6) is 5.75 Å². The lowest BCUT2D eigenvalue weighted by Gasteiger charge is -1.99. The Hall–Kier alpha value is -2.24. The zero-order chi connectivity index (χ0) is 11.0. The van der Waals surface area contributed by atoms with Crippen LogP contribution in [0, 0.1) is 0 Å². The van der Waals surface area contributed by atoms with E-state index in [2.05, 4.69) is 10.1 Å². The number of phenolic OH excluding ortho intramolecular Hbond substituents is 1. The molecule has 78 valence electrons. The summed E-state index contributed by atoms with van der Waals surface area (Å²) in [6.07, 6.45) is 0. The summed E-state index contributed by atoms with van der Waals surface area (Å²) in [6, 6.07) is 4.78. The predicted octanol–water partition coefficient (Wildman–Crippen LogP) is 0.352. The number of aryl methyl sites for hydroxylation is 1. The Morgan fingerprint density at radius 3 is 2.60 bits per heavy atom. The van der Waals surface area contributed by atoms with E-state index in [1.807, 2.05) is 0 Å². The van der Waals surface area contributed by atoms with E-state index in [0.717, 1.165) is 5.56 Å². The minimum atomic E-state index is 0.0441. The van der Waals surface area contributed by atoms with Crippen LogP contribution in [0.2, 0.25) is 0 Å². The molecule has 0 unspecified atom stereocenters. The molecule has 1 aromatic heterocycles. The number of phenols is 1. The van der Waals surface area contributed by atoms with Gasteiger partial charge < -0.3 is 16.6 Å². The Kier molecular flexibility index (Phi) is 1.96. The molecule has 2 rings (SSSR count). The number of hydrogen-bond donors (Lipinski definition) is 3. The number of hydrogen-bond acceptors (Lipinski definition) is 5. The average Bonchev–Trinajstić information content (AvgIpc) is 2.52. The monoisotopic (exact) mass is 205 g/mol. The molecule has 1 aromatic carbocycles. The number of aromatic nitrogens is 3. The molecule has 0 aliphatic rings. The van der Waals surface area contributed by atoms with Crippen molar-refractivity contribution in [2.24, 2.45) is 7.05 Å². The van der Waals surface area contributed by atoms with Crippen LogP contribution in [-0.2, 0) is 7.05 Å². The van der Waals surface area contributed by atoms with Crippen molar-refractivity contribution in [1.29, 1.82) is 0 Å². The maximum Gasteiger partial charge on any atom is 0.218 e. The Balaban J connectivity index is 2.49. The van der Waals surface area contributed by atoms with Crippen LogP contribution < -0.4 is 11.5 Å². The second kappa shape index (κ2) is 3.16. The highest BCUT2D eigenvalue weighted by Gasteiger charge is 2.08. The molecule has 6 heteroatoms. The molecule has 0 atom stereocenters. The van der Waals surface area contributed by atoms with E-state index < -0.39 is 0 Å². The third-order valence-corrected chi connectivity index (χ3v) is 2.08. The van der Waals surface area contributed by atoms with Gasteiger partial charge in [0.15, 0.2) is 5.82 Å². The van der Waals surface area contributed by atoms with Crippen LogP contribution in [0.25, 0.3) is 11.4 Å². The van der Waals surface area contributed by atoms with E-state index >= 15 is 0 Å². The number of nitrogens with zero attached hydrogens (tertiary/aromatic N) is 3. The molecule has 0 bridgehead atoms. The van der Waals surface area contributed by atoms with Gasteiger partial charge in [-0.25, -0.2) is 4.68 Å². The van der Waals surface area contributed by atoms with Crippen molar-refractivity contribution in [2.45, 2.75) is 0 Å². The number of nitrogen functional groups attached to an aromatic ring is 2. The van der Waals surface area contributed by atoms with Crippen LogP contribution in [0.3, 0.4) is 0 Å². The second-order valence-electron chi connectivity index (χ2n) is 3.19. The molecule has 0 spiro atoms. The van der Waals surface area contributed by atoms with Crippen molar-refractivity contribution in [1.82, 2.24) is 14.8 Å². The lowest BCUT2D eigenvalue weighted by atomic mass is 10.2. The van der Waals surface area contributed by atoms with Gasteiger partial charge in [0, 0.05) is 12.6 Å². The normalized spacial score (nSPS) is 10.5. The van der Waals surface area contributed by atoms with E-state index in [9.17, 15) is 5.11 Å². The molecule has 0 radical (unpaired) electrons. The number of nitrogens with two attached hydrogens (primary N) is 2. The van der Waals surface area contributed by atoms with Gasteiger partial charge in [-0.2, -0.15) is 4.98 Å². The van der Waals surface area contributed by atoms with E-state index in [4.69, 9.17) is 11.5 Å². The van der Waals surface area contributed by atoms with Gasteiger partial charge in [-0.3, -0.25) is 0 Å². The first-order valence-electron chi connectivity index (χ1n) is 4.33. The van der Waals surface area contributed by atoms with Gasteiger partial charge in [0.05, 0.1) is 5.69 Å². The quantitative estimate of drug-likeness (QED) is 0.460. The summed E-state index contributed by atoms with van der Waals surface area (Å²) in [7, 11) is 1.70. The van der Waals surface area contributed by atoms with Crippen molar-refractivity contribution >= 4 is 11.6 Å². The largest absolute Gasteiger partial charge is 0.506 e. The van der Waals surface area contributed by atoms with E-state index in [1.165, 1.54) is 10.7 Å². The maximum absolute atomic E-state index is 9.25. The molecular weight excluding hydrogens is 194 g/mol. The number of aromatic hydroxyl groups is 1. The van der Waals surface area contributed by atoms with Crippen LogP contribution >= 0.6 is 0 Å². The van der Waals surface area contributed by atoms with Crippen molar-refractivity contribution in [2.75, 3.05) is 11.5 Å². The Labute approximate surface area is 86.2 Å². The second-order valence-corrected chi connectivity index (χ2v) is 3.19. The third kappa shape index (κ3) is 1.56. The molecule has 2 aromatic rings. The zero-order valence-corrected chi connectivity index (χ0v) is 8.18. The maximum atomic E-state index is 9.25. The molecule has 0 aliphatic carbocycles. The van der Waals surface area contributed by atoms with Crippen molar-refractivity contribution in [3.8, 4) is 17.1 Å². The van der Waals surface area contributed by atoms with E-state index in [0.29, 0.717) is 17.5 Å². The summed E-state index contributed by atoms with van der Waals surface area (Å²) >= 11 is 0. The van der Waals surface area contributed by atoms with Gasteiger partial charge >= 0.3 is 0 Å². The smallest absolute Gasteiger partial charge is 0.218 e. The van der Waals surface area contributed by atoms with Crippen molar-refractivity contribution in [3.05, 3.63) is 18.2 Å². The number of anilines is 2. The fraction of sp³-hybridized carbons (Fsp3) is 0.111. The van der Waals surface area contributed by atoms with Crippen LogP contribution in [0.15, 0.2) is 18.2 Å². The van der Waals surface area contributed by atoms with E-state index in [-0.39, 0.29) is 5.75 Å². The fourth-order valence-electron chi connectivity index (χ4n) is 1.21. The van der Waals surface area contributed by atoms with Gasteiger partial charge in [-0.1, -0.05) is 0 Å². The molecule has 0 fully saturated rings. The van der Waals surface area contributed by atoms with Gasteiger partial charge in [0.25, 0.3) is 0 Å². The number of benzene rings is 1. The molecule has 5 N–H and O–H groups in total. The summed E-state index contributed by atoms with van der Waals surface area (Å²) in [5.74, 6) is 0.862. The Bertz CT molecular complexity index is 486. The minimum Gasteiger partial charge on any atom is -0.506 e. The molecule has 6 nitrogen and oxygen atoms in total. The summed E-state index contributed by atoms with van der Waals surface area (Å²) in [4.78, 5) is 4.04. The third-order valence-electron chi connectivity index (χ3n) is 2.08. The number of rotatable bonds is 1. The topological polar surface area (TPSA) is 103 Å². The lowest BCUT2D eigenvalue weighted by molar-refractivity contribution is 0.478. The van der Waals surface area contributed by atoms with Crippen molar-refractivity contribution < 1.29 is 5.11 Å². The standard InChI is InChI=1S/C9H11N5O/c1-14-9(11)12-8(13-14)5-2-3-7(15)6(10)4-5/h2-4,15H,10H2,1H3,(H2,11,12,13). The van der Waals surface area contributed by atoms with Gasteiger partial charge in [0.2, 0.25) is 5.95 Å². The van der Waals surface area contributed by atoms with Gasteiger partial charge in [-0.05, 0) is 18.2 Å².